The second kappa shape index (κ2) is 9.89. The van der Waals surface area contributed by atoms with E-state index in [9.17, 15) is 4.79 Å². The van der Waals surface area contributed by atoms with Gasteiger partial charge in [-0.05, 0) is 37.4 Å². The SMILES string of the molecule is CN(C)C=O.Cc1ccc(Nc2cc(C)nc3c2ccc2ccccc23)cc1.[Cl-]. The second-order valence-corrected chi connectivity index (χ2v) is 7.05. The van der Waals surface area contributed by atoms with Gasteiger partial charge in [-0.25, -0.2) is 0 Å². The van der Waals surface area contributed by atoms with E-state index in [-0.39, 0.29) is 12.4 Å². The van der Waals surface area contributed by atoms with Crippen molar-refractivity contribution < 1.29 is 17.2 Å². The van der Waals surface area contributed by atoms with Crippen LogP contribution in [0.5, 0.6) is 0 Å². The molecular weight excluding hydrogens is 382 g/mol. The Morgan fingerprint density at radius 2 is 1.55 bits per heavy atom. The summed E-state index contributed by atoms with van der Waals surface area (Å²) in [6, 6.07) is 23.3. The Bertz CT molecular complexity index is 1110. The first-order valence-electron chi connectivity index (χ1n) is 9.22. The maximum absolute atomic E-state index is 9.43. The minimum absolute atomic E-state index is 0. The quantitative estimate of drug-likeness (QED) is 0.420. The highest BCUT2D eigenvalue weighted by Crippen LogP contribution is 2.31. The molecule has 1 aromatic heterocycles. The molecule has 0 saturated carbocycles. The van der Waals surface area contributed by atoms with Crippen molar-refractivity contribution >= 4 is 39.5 Å². The predicted octanol–water partition coefficient (Wildman–Crippen LogP) is 2.46. The standard InChI is InChI=1S/C21H18N2.C3H7NO.ClH/c1-14-7-10-17(11-8-14)23-20-13-15(2)22-21-18-6-4-3-5-16(18)9-12-19(20)21;1-4(2)3-5;/h3-13H,1-2H3,(H,22,23);3H,1-2H3;1H/p-1. The summed E-state index contributed by atoms with van der Waals surface area (Å²) in [6.07, 6.45) is 0.750. The molecule has 4 rings (SSSR count). The number of benzene rings is 3. The molecule has 0 bridgehead atoms. The van der Waals surface area contributed by atoms with Crippen LogP contribution in [0.2, 0.25) is 0 Å². The minimum atomic E-state index is 0. The van der Waals surface area contributed by atoms with E-state index >= 15 is 0 Å². The van der Waals surface area contributed by atoms with Crippen LogP contribution in [0, 0.1) is 13.8 Å². The Morgan fingerprint density at radius 1 is 0.897 bits per heavy atom. The Hall–Kier alpha value is -3.11. The van der Waals surface area contributed by atoms with E-state index in [1.54, 1.807) is 14.1 Å². The molecule has 1 heterocycles. The number of aryl methyl sites for hydroxylation is 2. The maximum atomic E-state index is 9.43. The molecule has 5 heteroatoms. The highest BCUT2D eigenvalue weighted by molar-refractivity contribution is 6.09. The summed E-state index contributed by atoms with van der Waals surface area (Å²) in [4.78, 5) is 15.7. The van der Waals surface area contributed by atoms with Crippen LogP contribution in [0.15, 0.2) is 66.7 Å². The number of aromatic nitrogens is 1. The zero-order valence-corrected chi connectivity index (χ0v) is 17.9. The van der Waals surface area contributed by atoms with Gasteiger partial charge in [-0.3, -0.25) is 9.78 Å². The number of nitrogens with zero attached hydrogens (tertiary/aromatic N) is 2. The lowest BCUT2D eigenvalue weighted by atomic mass is 10.0. The Kier molecular flexibility index (Phi) is 7.57. The smallest absolute Gasteiger partial charge is 0.209 e. The number of hydrogen-bond donors (Lipinski definition) is 1. The van der Waals surface area contributed by atoms with Crippen molar-refractivity contribution in [2.45, 2.75) is 13.8 Å². The third-order valence-corrected chi connectivity index (χ3v) is 4.37. The van der Waals surface area contributed by atoms with Crippen LogP contribution < -0.4 is 17.7 Å². The first-order chi connectivity index (χ1) is 13.5. The number of halogens is 1. The van der Waals surface area contributed by atoms with Crippen molar-refractivity contribution in [3.63, 3.8) is 0 Å². The predicted molar refractivity (Wildman–Crippen MR) is 118 cm³/mol. The fourth-order valence-electron chi connectivity index (χ4n) is 2.98. The molecular formula is C24H25ClN3O-. The molecule has 3 aromatic carbocycles. The fourth-order valence-corrected chi connectivity index (χ4v) is 2.98. The second-order valence-electron chi connectivity index (χ2n) is 7.05. The summed E-state index contributed by atoms with van der Waals surface area (Å²) < 4.78 is 0. The lowest BCUT2D eigenvalue weighted by molar-refractivity contribution is -0.115. The molecule has 0 aliphatic rings. The van der Waals surface area contributed by atoms with Gasteiger partial charge < -0.3 is 22.6 Å². The summed E-state index contributed by atoms with van der Waals surface area (Å²) in [5.41, 5.74) is 5.52. The zero-order valence-electron chi connectivity index (χ0n) is 17.1. The van der Waals surface area contributed by atoms with Crippen LogP contribution in [-0.2, 0) is 4.79 Å². The van der Waals surface area contributed by atoms with Gasteiger partial charge in [0.15, 0.2) is 0 Å². The third kappa shape index (κ3) is 5.46. The normalized spacial score (nSPS) is 9.93. The van der Waals surface area contributed by atoms with Gasteiger partial charge in [-0.2, -0.15) is 0 Å². The van der Waals surface area contributed by atoms with Gasteiger partial charge in [0.05, 0.1) is 5.52 Å². The Labute approximate surface area is 178 Å². The molecule has 0 spiro atoms. The van der Waals surface area contributed by atoms with Crippen molar-refractivity contribution in [1.82, 2.24) is 9.88 Å². The van der Waals surface area contributed by atoms with E-state index in [4.69, 9.17) is 4.98 Å². The van der Waals surface area contributed by atoms with E-state index in [1.165, 1.54) is 21.2 Å². The Balaban J connectivity index is 0.000000450. The van der Waals surface area contributed by atoms with Crippen molar-refractivity contribution in [1.29, 1.82) is 0 Å². The van der Waals surface area contributed by atoms with Crippen LogP contribution in [0.4, 0.5) is 11.4 Å². The molecule has 4 aromatic rings. The Morgan fingerprint density at radius 3 is 2.21 bits per heavy atom. The zero-order chi connectivity index (χ0) is 20.1. The molecule has 29 heavy (non-hydrogen) atoms. The van der Waals surface area contributed by atoms with Crippen LogP contribution in [-0.4, -0.2) is 30.4 Å². The number of carbonyl (C=O) groups is 1. The number of amides is 1. The van der Waals surface area contributed by atoms with E-state index in [1.807, 2.05) is 6.92 Å². The average Bonchev–Trinajstić information content (AvgIpc) is 2.70. The molecule has 0 aliphatic heterocycles. The van der Waals surface area contributed by atoms with E-state index < -0.39 is 0 Å². The number of nitrogens with one attached hydrogen (secondary N) is 1. The van der Waals surface area contributed by atoms with Crippen LogP contribution in [0.25, 0.3) is 21.7 Å². The first-order valence-corrected chi connectivity index (χ1v) is 9.22. The number of hydrogen-bond acceptors (Lipinski definition) is 3. The number of anilines is 2. The van der Waals surface area contributed by atoms with Gasteiger partial charge >= 0.3 is 0 Å². The minimum Gasteiger partial charge on any atom is -1.00 e. The molecule has 0 atom stereocenters. The first kappa shape index (κ1) is 22.2. The molecule has 1 amide bonds. The van der Waals surface area contributed by atoms with Gasteiger partial charge in [0.25, 0.3) is 0 Å². The number of fused-ring (bicyclic) bond motifs is 3. The lowest BCUT2D eigenvalue weighted by Crippen LogP contribution is -3.00. The van der Waals surface area contributed by atoms with E-state index in [0.29, 0.717) is 0 Å². The molecule has 1 N–H and O–H groups in total. The fraction of sp³-hybridized carbons (Fsp3) is 0.167. The van der Waals surface area contributed by atoms with E-state index in [0.717, 1.165) is 34.4 Å². The van der Waals surface area contributed by atoms with Crippen molar-refractivity contribution in [2.24, 2.45) is 0 Å². The van der Waals surface area contributed by atoms with Gasteiger partial charge in [0.1, 0.15) is 0 Å². The molecule has 150 valence electrons. The lowest BCUT2D eigenvalue weighted by Gasteiger charge is -2.12. The van der Waals surface area contributed by atoms with Gasteiger partial charge in [-0.15, -0.1) is 0 Å². The van der Waals surface area contributed by atoms with Gasteiger partial charge in [0.2, 0.25) is 6.41 Å². The summed E-state index contributed by atoms with van der Waals surface area (Å²) in [5, 5.41) is 7.10. The number of carbonyl (C=O) groups excluding carboxylic acids is 1. The van der Waals surface area contributed by atoms with Crippen LogP contribution in [0.3, 0.4) is 0 Å². The molecule has 0 saturated heterocycles. The van der Waals surface area contributed by atoms with E-state index in [2.05, 4.69) is 79.0 Å². The molecule has 0 aliphatic carbocycles. The van der Waals surface area contributed by atoms with Gasteiger partial charge in [-0.1, -0.05) is 54.1 Å². The number of rotatable bonds is 3. The third-order valence-electron chi connectivity index (χ3n) is 4.37. The number of pyridine rings is 1. The topological polar surface area (TPSA) is 45.2 Å². The van der Waals surface area contributed by atoms with Crippen LogP contribution in [0.1, 0.15) is 11.3 Å². The molecule has 0 radical (unpaired) electrons. The monoisotopic (exact) mass is 406 g/mol. The molecule has 4 nitrogen and oxygen atoms in total. The molecule has 0 unspecified atom stereocenters. The highest BCUT2D eigenvalue weighted by atomic mass is 35.5. The average molecular weight is 407 g/mol. The summed E-state index contributed by atoms with van der Waals surface area (Å²) in [5.74, 6) is 0. The molecule has 0 fully saturated rings. The van der Waals surface area contributed by atoms with Crippen molar-refractivity contribution in [2.75, 3.05) is 19.4 Å². The van der Waals surface area contributed by atoms with Crippen molar-refractivity contribution in [3.05, 3.63) is 78.0 Å². The highest BCUT2D eigenvalue weighted by Gasteiger charge is 2.08. The summed E-state index contributed by atoms with van der Waals surface area (Å²) in [6.45, 7) is 4.14. The largest absolute Gasteiger partial charge is 1.00 e. The summed E-state index contributed by atoms with van der Waals surface area (Å²) >= 11 is 0. The maximum Gasteiger partial charge on any atom is 0.209 e. The van der Waals surface area contributed by atoms with Gasteiger partial charge in [0, 0.05) is 41.9 Å². The van der Waals surface area contributed by atoms with Crippen LogP contribution >= 0.6 is 0 Å². The van der Waals surface area contributed by atoms with Crippen molar-refractivity contribution in [3.8, 4) is 0 Å². The summed E-state index contributed by atoms with van der Waals surface area (Å²) in [7, 11) is 3.38.